The van der Waals surface area contributed by atoms with Crippen LogP contribution < -0.4 is 10.3 Å². The third kappa shape index (κ3) is 4.09. The van der Waals surface area contributed by atoms with Crippen molar-refractivity contribution in [3.8, 4) is 5.75 Å². The lowest BCUT2D eigenvalue weighted by Gasteiger charge is -2.11. The zero-order chi connectivity index (χ0) is 22.0. The van der Waals surface area contributed by atoms with E-state index in [0.717, 1.165) is 5.39 Å². The van der Waals surface area contributed by atoms with Crippen LogP contribution in [0.5, 0.6) is 5.75 Å². The average molecular weight is 438 g/mol. The topological polar surface area (TPSA) is 83.3 Å². The highest BCUT2D eigenvalue weighted by Gasteiger charge is 2.18. The molecular formula is C23H20ClN3O4. The Hall–Kier alpha value is -3.45. The maximum atomic E-state index is 12.9. The second-order valence-electron chi connectivity index (χ2n) is 7.00. The largest absolute Gasteiger partial charge is 0.497 e. The van der Waals surface area contributed by atoms with E-state index in [9.17, 15) is 9.59 Å². The van der Waals surface area contributed by atoms with Crippen LogP contribution in [0.1, 0.15) is 29.4 Å². The maximum absolute atomic E-state index is 12.9. The van der Waals surface area contributed by atoms with Gasteiger partial charge in [-0.1, -0.05) is 36.7 Å². The first kappa shape index (κ1) is 20.8. The Labute approximate surface area is 183 Å². The molecule has 0 spiro atoms. The molecule has 31 heavy (non-hydrogen) atoms. The quantitative estimate of drug-likeness (QED) is 0.329. The van der Waals surface area contributed by atoms with Crippen LogP contribution in [0.25, 0.3) is 21.7 Å². The number of rotatable bonds is 6. The van der Waals surface area contributed by atoms with E-state index in [1.54, 1.807) is 37.4 Å². The molecule has 0 amide bonds. The lowest BCUT2D eigenvalue weighted by molar-refractivity contribution is 0.0465. The van der Waals surface area contributed by atoms with Gasteiger partial charge in [0.05, 0.1) is 18.0 Å². The smallest absolute Gasteiger partial charge is 0.359 e. The van der Waals surface area contributed by atoms with Crippen molar-refractivity contribution in [2.75, 3.05) is 7.11 Å². The van der Waals surface area contributed by atoms with Crippen LogP contribution in [0.2, 0.25) is 5.15 Å². The summed E-state index contributed by atoms with van der Waals surface area (Å²) in [7, 11) is 1.58. The molecule has 0 aliphatic heterocycles. The zero-order valence-electron chi connectivity index (χ0n) is 17.1. The van der Waals surface area contributed by atoms with Crippen molar-refractivity contribution in [2.24, 2.45) is 0 Å². The van der Waals surface area contributed by atoms with E-state index in [0.29, 0.717) is 40.6 Å². The van der Waals surface area contributed by atoms with Gasteiger partial charge in [-0.05, 0) is 30.7 Å². The summed E-state index contributed by atoms with van der Waals surface area (Å²) in [5.41, 5.74) is 1.11. The zero-order valence-corrected chi connectivity index (χ0v) is 17.8. The molecule has 0 aliphatic carbocycles. The summed E-state index contributed by atoms with van der Waals surface area (Å²) in [6.45, 7) is 2.27. The van der Waals surface area contributed by atoms with Crippen LogP contribution in [0.15, 0.2) is 53.3 Å². The van der Waals surface area contributed by atoms with Gasteiger partial charge in [0, 0.05) is 28.9 Å². The average Bonchev–Trinajstić information content (AvgIpc) is 2.79. The van der Waals surface area contributed by atoms with Crippen LogP contribution in [0.3, 0.4) is 0 Å². The summed E-state index contributed by atoms with van der Waals surface area (Å²) < 4.78 is 12.0. The molecule has 4 rings (SSSR count). The highest BCUT2D eigenvalue weighted by molar-refractivity contribution is 6.30. The number of fused-ring (bicyclic) bond motifs is 2. The first-order valence-corrected chi connectivity index (χ1v) is 10.2. The Balaban J connectivity index is 1.65. The third-order valence-electron chi connectivity index (χ3n) is 4.91. The summed E-state index contributed by atoms with van der Waals surface area (Å²) in [6.07, 6.45) is 0.711. The molecule has 0 unspecified atom stereocenters. The number of methoxy groups -OCH3 is 1. The minimum absolute atomic E-state index is 0.0739. The SMILES string of the molecule is CCCn1nc(C(=O)OCc2cc3ccc(OC)cc3nc2Cl)c2ccccc2c1=O. The van der Waals surface area contributed by atoms with Gasteiger partial charge in [0.1, 0.15) is 17.5 Å². The molecule has 7 nitrogen and oxygen atoms in total. The first-order chi connectivity index (χ1) is 15.0. The number of nitrogens with zero attached hydrogens (tertiary/aromatic N) is 3. The number of hydrogen-bond donors (Lipinski definition) is 0. The number of aromatic nitrogens is 3. The van der Waals surface area contributed by atoms with E-state index in [1.807, 2.05) is 25.1 Å². The number of carbonyl (C=O) groups excluding carboxylic acids is 1. The first-order valence-electron chi connectivity index (χ1n) is 9.82. The molecule has 0 aliphatic rings. The number of hydrogen-bond acceptors (Lipinski definition) is 6. The van der Waals surface area contributed by atoms with Crippen molar-refractivity contribution in [3.05, 3.63) is 75.3 Å². The molecule has 8 heteroatoms. The molecule has 0 radical (unpaired) electrons. The molecule has 158 valence electrons. The number of esters is 1. The summed E-state index contributed by atoms with van der Waals surface area (Å²) in [5, 5.41) is 6.23. The summed E-state index contributed by atoms with van der Waals surface area (Å²) >= 11 is 6.31. The molecule has 0 N–H and O–H groups in total. The number of ether oxygens (including phenoxy) is 2. The lowest BCUT2D eigenvalue weighted by Crippen LogP contribution is -2.26. The van der Waals surface area contributed by atoms with Gasteiger partial charge in [0.25, 0.3) is 5.56 Å². The fourth-order valence-electron chi connectivity index (χ4n) is 3.36. The lowest BCUT2D eigenvalue weighted by atomic mass is 10.1. The number of pyridine rings is 1. The van der Waals surface area contributed by atoms with Gasteiger partial charge >= 0.3 is 5.97 Å². The van der Waals surface area contributed by atoms with Gasteiger partial charge in [-0.15, -0.1) is 0 Å². The maximum Gasteiger partial charge on any atom is 0.359 e. The third-order valence-corrected chi connectivity index (χ3v) is 5.23. The monoisotopic (exact) mass is 437 g/mol. The van der Waals surface area contributed by atoms with Gasteiger partial charge in [-0.3, -0.25) is 4.79 Å². The standard InChI is InChI=1S/C23H20ClN3O4/c1-3-10-27-22(28)18-7-5-4-6-17(18)20(26-27)23(29)31-13-15-11-14-8-9-16(30-2)12-19(14)25-21(15)24/h4-9,11-12H,3,10,13H2,1-2H3. The molecule has 2 heterocycles. The van der Waals surface area contributed by atoms with Crippen LogP contribution >= 0.6 is 11.6 Å². The Kier molecular flexibility index (Phi) is 5.86. The number of benzene rings is 2. The van der Waals surface area contributed by atoms with Crippen molar-refractivity contribution in [2.45, 2.75) is 26.5 Å². The van der Waals surface area contributed by atoms with Crippen molar-refractivity contribution in [3.63, 3.8) is 0 Å². The van der Waals surface area contributed by atoms with E-state index < -0.39 is 5.97 Å². The Morgan fingerprint density at radius 2 is 1.90 bits per heavy atom. The minimum atomic E-state index is -0.632. The molecule has 0 fully saturated rings. The number of halogens is 1. The predicted octanol–water partition coefficient (Wildman–Crippen LogP) is 4.37. The second-order valence-corrected chi connectivity index (χ2v) is 7.35. The summed E-state index contributed by atoms with van der Waals surface area (Å²) in [6, 6.07) is 14.2. The molecule has 4 aromatic rings. The van der Waals surface area contributed by atoms with E-state index in [2.05, 4.69) is 10.1 Å². The Bertz CT molecular complexity index is 1350. The highest BCUT2D eigenvalue weighted by atomic mass is 35.5. The molecule has 0 atom stereocenters. The molecule has 2 aromatic carbocycles. The van der Waals surface area contributed by atoms with E-state index in [4.69, 9.17) is 21.1 Å². The van der Waals surface area contributed by atoms with Crippen molar-refractivity contribution >= 4 is 39.2 Å². The van der Waals surface area contributed by atoms with E-state index in [-0.39, 0.29) is 23.0 Å². The van der Waals surface area contributed by atoms with Crippen LogP contribution in [-0.4, -0.2) is 27.8 Å². The van der Waals surface area contributed by atoms with Crippen molar-refractivity contribution in [1.82, 2.24) is 14.8 Å². The summed E-state index contributed by atoms with van der Waals surface area (Å²) in [4.78, 5) is 29.8. The molecule has 0 bridgehead atoms. The molecular weight excluding hydrogens is 418 g/mol. The molecule has 2 aromatic heterocycles. The minimum Gasteiger partial charge on any atom is -0.497 e. The highest BCUT2D eigenvalue weighted by Crippen LogP contribution is 2.25. The Morgan fingerprint density at radius 3 is 2.65 bits per heavy atom. The molecule has 0 saturated carbocycles. The van der Waals surface area contributed by atoms with Gasteiger partial charge < -0.3 is 9.47 Å². The van der Waals surface area contributed by atoms with E-state index in [1.165, 1.54) is 4.68 Å². The fourth-order valence-corrected chi connectivity index (χ4v) is 3.56. The van der Waals surface area contributed by atoms with Gasteiger partial charge in [0.15, 0.2) is 5.69 Å². The normalized spacial score (nSPS) is 11.1. The molecule has 0 saturated heterocycles. The van der Waals surface area contributed by atoms with Gasteiger partial charge in [0.2, 0.25) is 0 Å². The van der Waals surface area contributed by atoms with Gasteiger partial charge in [-0.2, -0.15) is 5.10 Å². The predicted molar refractivity (Wildman–Crippen MR) is 119 cm³/mol. The van der Waals surface area contributed by atoms with Crippen LogP contribution in [0, 0.1) is 0 Å². The van der Waals surface area contributed by atoms with Crippen molar-refractivity contribution in [1.29, 1.82) is 0 Å². The van der Waals surface area contributed by atoms with Gasteiger partial charge in [-0.25, -0.2) is 14.5 Å². The van der Waals surface area contributed by atoms with Crippen molar-refractivity contribution < 1.29 is 14.3 Å². The van der Waals surface area contributed by atoms with Crippen LogP contribution in [-0.2, 0) is 17.9 Å². The fraction of sp³-hybridized carbons (Fsp3) is 0.217. The number of aryl methyl sites for hydroxylation is 1. The summed E-state index contributed by atoms with van der Waals surface area (Å²) in [5.74, 6) is 0.0438. The Morgan fingerprint density at radius 1 is 1.13 bits per heavy atom. The second kappa shape index (κ2) is 8.73. The van der Waals surface area contributed by atoms with E-state index >= 15 is 0 Å². The van der Waals surface area contributed by atoms with Crippen LogP contribution in [0.4, 0.5) is 0 Å². The number of carbonyl (C=O) groups is 1.